The molecule has 1 atom stereocenters. The van der Waals surface area contributed by atoms with E-state index in [-0.39, 0.29) is 11.9 Å². The van der Waals surface area contributed by atoms with Crippen molar-refractivity contribution in [3.8, 4) is 0 Å². The molecule has 0 spiro atoms. The molecule has 24 heavy (non-hydrogen) atoms. The van der Waals surface area contributed by atoms with Crippen LogP contribution in [0.1, 0.15) is 24.6 Å². The van der Waals surface area contributed by atoms with Crippen molar-refractivity contribution in [1.82, 2.24) is 10.2 Å². The van der Waals surface area contributed by atoms with Crippen LogP contribution in [0.5, 0.6) is 0 Å². The number of nitrogens with one attached hydrogen (secondary N) is 1. The zero-order chi connectivity index (χ0) is 16.8. The lowest BCUT2D eigenvalue weighted by Crippen LogP contribution is -2.37. The number of hydrogen-bond donors (Lipinski definition) is 1. The summed E-state index contributed by atoms with van der Waals surface area (Å²) < 4.78 is 5.57. The van der Waals surface area contributed by atoms with Crippen LogP contribution in [0.3, 0.4) is 0 Å². The molecule has 1 aromatic carbocycles. The third kappa shape index (κ3) is 4.56. The first-order chi connectivity index (χ1) is 11.7. The van der Waals surface area contributed by atoms with Crippen LogP contribution in [0.15, 0.2) is 52.0 Å². The molecule has 1 aromatic heterocycles. The second-order valence-corrected chi connectivity index (χ2v) is 7.22. The molecule has 128 valence electrons. The number of benzene rings is 1. The highest BCUT2D eigenvalue weighted by atomic mass is 35.5. The normalized spacial score (nSPS) is 16.2. The van der Waals surface area contributed by atoms with Gasteiger partial charge in [0.05, 0.1) is 23.1 Å². The molecule has 4 nitrogen and oxygen atoms in total. The molecule has 0 bridgehead atoms. The zero-order valence-corrected chi connectivity index (χ0v) is 15.0. The van der Waals surface area contributed by atoms with Crippen molar-refractivity contribution in [1.29, 1.82) is 0 Å². The van der Waals surface area contributed by atoms with Gasteiger partial charge in [-0.3, -0.25) is 9.69 Å². The van der Waals surface area contributed by atoms with E-state index in [1.165, 1.54) is 24.6 Å². The minimum absolute atomic E-state index is 0.00988. The smallest absolute Gasteiger partial charge is 0.230 e. The van der Waals surface area contributed by atoms with E-state index in [4.69, 9.17) is 16.0 Å². The van der Waals surface area contributed by atoms with Crippen molar-refractivity contribution in [3.63, 3.8) is 0 Å². The van der Waals surface area contributed by atoms with Gasteiger partial charge in [-0.1, -0.05) is 23.7 Å². The monoisotopic (exact) mass is 364 g/mol. The fourth-order valence-corrected chi connectivity index (χ4v) is 3.98. The maximum absolute atomic E-state index is 12.2. The van der Waals surface area contributed by atoms with Crippen LogP contribution in [0.2, 0.25) is 5.02 Å². The summed E-state index contributed by atoms with van der Waals surface area (Å²) in [5, 5.41) is 3.71. The van der Waals surface area contributed by atoms with E-state index in [2.05, 4.69) is 10.2 Å². The van der Waals surface area contributed by atoms with E-state index < -0.39 is 0 Å². The number of thioether (sulfide) groups is 1. The van der Waals surface area contributed by atoms with E-state index in [9.17, 15) is 4.79 Å². The van der Waals surface area contributed by atoms with Gasteiger partial charge in [0.1, 0.15) is 5.76 Å². The quantitative estimate of drug-likeness (QED) is 0.755. The summed E-state index contributed by atoms with van der Waals surface area (Å²) in [4.78, 5) is 15.5. The van der Waals surface area contributed by atoms with Crippen molar-refractivity contribution in [2.75, 3.05) is 25.4 Å². The van der Waals surface area contributed by atoms with Crippen LogP contribution >= 0.6 is 23.4 Å². The molecule has 1 aliphatic rings. The van der Waals surface area contributed by atoms with Crippen LogP contribution in [0.4, 0.5) is 0 Å². The number of furan rings is 1. The predicted octanol–water partition coefficient (Wildman–Crippen LogP) is 3.98. The number of carbonyl (C=O) groups is 1. The first-order valence-electron chi connectivity index (χ1n) is 8.15. The molecule has 1 fully saturated rings. The minimum atomic E-state index is 0.00988. The number of amides is 1. The Bertz CT molecular complexity index is 657. The summed E-state index contributed by atoms with van der Waals surface area (Å²) in [6.07, 6.45) is 4.09. The zero-order valence-electron chi connectivity index (χ0n) is 13.4. The van der Waals surface area contributed by atoms with Crippen LogP contribution in [-0.2, 0) is 4.79 Å². The third-order valence-corrected chi connectivity index (χ3v) is 5.66. The summed E-state index contributed by atoms with van der Waals surface area (Å²) in [7, 11) is 0. The fourth-order valence-electron chi connectivity index (χ4n) is 2.91. The molecule has 1 saturated heterocycles. The van der Waals surface area contributed by atoms with Crippen molar-refractivity contribution in [3.05, 3.63) is 53.4 Å². The molecule has 1 N–H and O–H groups in total. The number of nitrogens with zero attached hydrogens (tertiary/aromatic N) is 1. The van der Waals surface area contributed by atoms with E-state index in [1.807, 2.05) is 36.4 Å². The van der Waals surface area contributed by atoms with Crippen molar-refractivity contribution >= 4 is 29.3 Å². The number of hydrogen-bond acceptors (Lipinski definition) is 4. The first-order valence-corrected chi connectivity index (χ1v) is 9.52. The van der Waals surface area contributed by atoms with E-state index in [0.717, 1.165) is 23.7 Å². The second kappa shape index (κ2) is 8.60. The van der Waals surface area contributed by atoms with Gasteiger partial charge in [0.15, 0.2) is 0 Å². The highest BCUT2D eigenvalue weighted by Crippen LogP contribution is 2.27. The van der Waals surface area contributed by atoms with Crippen molar-refractivity contribution in [2.24, 2.45) is 0 Å². The van der Waals surface area contributed by atoms with Crippen molar-refractivity contribution < 1.29 is 9.21 Å². The third-order valence-electron chi connectivity index (χ3n) is 4.14. The Kier molecular flexibility index (Phi) is 6.24. The molecular formula is C18H21ClN2O2S. The molecule has 2 aromatic rings. The highest BCUT2D eigenvalue weighted by molar-refractivity contribution is 8.00. The largest absolute Gasteiger partial charge is 0.468 e. The Morgan fingerprint density at radius 3 is 2.75 bits per heavy atom. The van der Waals surface area contributed by atoms with Gasteiger partial charge in [0, 0.05) is 11.4 Å². The standard InChI is InChI=1S/C18H21ClN2O2S/c19-14-6-1-2-8-17(14)24-13-18(22)20-12-15(16-7-5-11-23-16)21-9-3-4-10-21/h1-2,5-8,11,15H,3-4,9-10,12-13H2,(H,20,22). The lowest BCUT2D eigenvalue weighted by molar-refractivity contribution is -0.118. The predicted molar refractivity (Wildman–Crippen MR) is 97.4 cm³/mol. The number of rotatable bonds is 7. The average Bonchev–Trinajstić information content (AvgIpc) is 3.28. The van der Waals surface area contributed by atoms with Crippen LogP contribution in [-0.4, -0.2) is 36.2 Å². The van der Waals surface area contributed by atoms with Gasteiger partial charge in [0.25, 0.3) is 0 Å². The van der Waals surface area contributed by atoms with Gasteiger partial charge in [-0.05, 0) is 50.2 Å². The molecule has 0 saturated carbocycles. The molecule has 1 aliphatic heterocycles. The minimum Gasteiger partial charge on any atom is -0.468 e. The second-order valence-electron chi connectivity index (χ2n) is 5.80. The summed E-state index contributed by atoms with van der Waals surface area (Å²) in [5.74, 6) is 1.28. The van der Waals surface area contributed by atoms with E-state index >= 15 is 0 Å². The Morgan fingerprint density at radius 1 is 1.25 bits per heavy atom. The van der Waals surface area contributed by atoms with Gasteiger partial charge in [-0.15, -0.1) is 11.8 Å². The van der Waals surface area contributed by atoms with Gasteiger partial charge < -0.3 is 9.73 Å². The Hall–Kier alpha value is -1.43. The van der Waals surface area contributed by atoms with Gasteiger partial charge in [-0.2, -0.15) is 0 Å². The first kappa shape index (κ1) is 17.4. The van der Waals surface area contributed by atoms with Gasteiger partial charge in [0.2, 0.25) is 5.91 Å². The van der Waals surface area contributed by atoms with Crippen LogP contribution in [0, 0.1) is 0 Å². The molecule has 6 heteroatoms. The summed E-state index contributed by atoms with van der Waals surface area (Å²) in [5.41, 5.74) is 0. The summed E-state index contributed by atoms with van der Waals surface area (Å²) in [6.45, 7) is 2.67. The molecule has 0 radical (unpaired) electrons. The fraction of sp³-hybridized carbons (Fsp3) is 0.389. The van der Waals surface area contributed by atoms with E-state index in [1.54, 1.807) is 6.26 Å². The van der Waals surface area contributed by atoms with Gasteiger partial charge >= 0.3 is 0 Å². The number of carbonyl (C=O) groups excluding carboxylic acids is 1. The lowest BCUT2D eigenvalue weighted by Gasteiger charge is -2.26. The summed E-state index contributed by atoms with van der Waals surface area (Å²) in [6, 6.07) is 11.6. The summed E-state index contributed by atoms with van der Waals surface area (Å²) >= 11 is 7.57. The topological polar surface area (TPSA) is 45.5 Å². The maximum Gasteiger partial charge on any atom is 0.230 e. The van der Waals surface area contributed by atoms with Gasteiger partial charge in [-0.25, -0.2) is 0 Å². The van der Waals surface area contributed by atoms with Crippen molar-refractivity contribution in [2.45, 2.75) is 23.8 Å². The van der Waals surface area contributed by atoms with E-state index in [0.29, 0.717) is 17.3 Å². The molecule has 2 heterocycles. The Labute approximate surface area is 151 Å². The molecule has 3 rings (SSSR count). The van der Waals surface area contributed by atoms with Crippen LogP contribution < -0.4 is 5.32 Å². The highest BCUT2D eigenvalue weighted by Gasteiger charge is 2.25. The maximum atomic E-state index is 12.2. The molecule has 0 aliphatic carbocycles. The molecular weight excluding hydrogens is 344 g/mol. The Morgan fingerprint density at radius 2 is 2.04 bits per heavy atom. The number of likely N-dealkylation sites (tertiary alicyclic amines) is 1. The lowest BCUT2D eigenvalue weighted by atomic mass is 10.2. The molecule has 1 amide bonds. The average molecular weight is 365 g/mol. The number of halogens is 1. The SMILES string of the molecule is O=C(CSc1ccccc1Cl)NCC(c1ccco1)N1CCCC1. The Balaban J connectivity index is 1.52. The molecule has 1 unspecified atom stereocenters. The van der Waals surface area contributed by atoms with Crippen LogP contribution in [0.25, 0.3) is 0 Å².